The Morgan fingerprint density at radius 3 is 1.84 bits per heavy atom. The van der Waals surface area contributed by atoms with Crippen LogP contribution < -0.4 is 0 Å². The molecule has 4 heteroatoms. The van der Waals surface area contributed by atoms with Gasteiger partial charge in [0.05, 0.1) is 23.8 Å². The molecule has 0 fully saturated rings. The highest BCUT2D eigenvalue weighted by molar-refractivity contribution is 5.93. The van der Waals surface area contributed by atoms with Gasteiger partial charge in [0.1, 0.15) is 0 Å². The standard InChI is InChI=1S/C15H20O4/c1-10(2)9-18-14(16)12-5-7-13(8-6-12)15(17)19-11(3)4/h5-8,10-11H,9H2,1-4H3. The minimum Gasteiger partial charge on any atom is -0.462 e. The number of carbonyl (C=O) groups is 2. The van der Waals surface area contributed by atoms with Gasteiger partial charge in [0, 0.05) is 0 Å². The first kappa shape index (κ1) is 15.2. The lowest BCUT2D eigenvalue weighted by Gasteiger charge is -2.09. The van der Waals surface area contributed by atoms with Gasteiger partial charge in [-0.3, -0.25) is 0 Å². The second-order valence-corrected chi connectivity index (χ2v) is 5.02. The Morgan fingerprint density at radius 2 is 1.42 bits per heavy atom. The molecule has 1 aromatic carbocycles. The predicted octanol–water partition coefficient (Wildman–Crippen LogP) is 3.06. The molecule has 0 aliphatic heterocycles. The Morgan fingerprint density at radius 1 is 0.947 bits per heavy atom. The number of esters is 2. The molecule has 0 heterocycles. The molecule has 0 bridgehead atoms. The molecule has 4 nitrogen and oxygen atoms in total. The summed E-state index contributed by atoms with van der Waals surface area (Å²) in [5.41, 5.74) is 0.857. The maximum absolute atomic E-state index is 11.7. The van der Waals surface area contributed by atoms with Crippen molar-refractivity contribution in [1.29, 1.82) is 0 Å². The molecule has 19 heavy (non-hydrogen) atoms. The van der Waals surface area contributed by atoms with Crippen molar-refractivity contribution in [1.82, 2.24) is 0 Å². The largest absolute Gasteiger partial charge is 0.462 e. The van der Waals surface area contributed by atoms with Crippen LogP contribution in [-0.2, 0) is 9.47 Å². The van der Waals surface area contributed by atoms with E-state index in [9.17, 15) is 9.59 Å². The summed E-state index contributed by atoms with van der Waals surface area (Å²) < 4.78 is 10.2. The highest BCUT2D eigenvalue weighted by atomic mass is 16.5. The number of hydrogen-bond donors (Lipinski definition) is 0. The van der Waals surface area contributed by atoms with Crippen LogP contribution in [0.2, 0.25) is 0 Å². The first-order chi connectivity index (χ1) is 8.90. The zero-order valence-electron chi connectivity index (χ0n) is 11.8. The maximum atomic E-state index is 11.7. The van der Waals surface area contributed by atoms with Gasteiger partial charge < -0.3 is 9.47 Å². The molecular weight excluding hydrogens is 244 g/mol. The first-order valence-electron chi connectivity index (χ1n) is 6.38. The van der Waals surface area contributed by atoms with E-state index in [0.717, 1.165) is 0 Å². The fourth-order valence-electron chi connectivity index (χ4n) is 1.35. The lowest BCUT2D eigenvalue weighted by Crippen LogP contribution is -2.13. The topological polar surface area (TPSA) is 52.6 Å². The van der Waals surface area contributed by atoms with Gasteiger partial charge >= 0.3 is 11.9 Å². The maximum Gasteiger partial charge on any atom is 0.338 e. The molecule has 0 amide bonds. The summed E-state index contributed by atoms with van der Waals surface area (Å²) in [6.45, 7) is 7.90. The Kier molecular flexibility index (Phi) is 5.55. The van der Waals surface area contributed by atoms with Gasteiger partial charge in [-0.05, 0) is 44.0 Å². The fourth-order valence-corrected chi connectivity index (χ4v) is 1.35. The molecule has 0 N–H and O–H groups in total. The number of hydrogen-bond acceptors (Lipinski definition) is 4. The third kappa shape index (κ3) is 5.12. The highest BCUT2D eigenvalue weighted by Crippen LogP contribution is 2.09. The summed E-state index contributed by atoms with van der Waals surface area (Å²) in [6, 6.07) is 6.27. The van der Waals surface area contributed by atoms with Crippen LogP contribution in [0.25, 0.3) is 0 Å². The highest BCUT2D eigenvalue weighted by Gasteiger charge is 2.12. The Hall–Kier alpha value is -1.84. The van der Waals surface area contributed by atoms with Gasteiger partial charge in [-0.25, -0.2) is 9.59 Å². The van der Waals surface area contributed by atoms with E-state index in [1.165, 1.54) is 0 Å². The number of benzene rings is 1. The Bertz CT molecular complexity index is 432. The molecule has 0 aliphatic carbocycles. The molecule has 104 valence electrons. The van der Waals surface area contributed by atoms with Gasteiger partial charge in [-0.15, -0.1) is 0 Å². The molecule has 0 aromatic heterocycles. The quantitative estimate of drug-likeness (QED) is 0.767. The lowest BCUT2D eigenvalue weighted by molar-refractivity contribution is 0.0375. The third-order valence-electron chi connectivity index (χ3n) is 2.25. The van der Waals surface area contributed by atoms with Crippen LogP contribution in [-0.4, -0.2) is 24.6 Å². The molecule has 1 rings (SSSR count). The van der Waals surface area contributed by atoms with Crippen molar-refractivity contribution < 1.29 is 19.1 Å². The van der Waals surface area contributed by atoms with Gasteiger partial charge in [0.2, 0.25) is 0 Å². The van der Waals surface area contributed by atoms with Crippen LogP contribution >= 0.6 is 0 Å². The molecule has 0 atom stereocenters. The van der Waals surface area contributed by atoms with E-state index in [4.69, 9.17) is 9.47 Å². The molecule has 0 spiro atoms. The summed E-state index contributed by atoms with van der Waals surface area (Å²) in [5, 5.41) is 0. The number of ether oxygens (including phenoxy) is 2. The molecule has 1 aromatic rings. The van der Waals surface area contributed by atoms with Crippen LogP contribution in [0.4, 0.5) is 0 Å². The monoisotopic (exact) mass is 264 g/mol. The minimum atomic E-state index is -0.392. The SMILES string of the molecule is CC(C)COC(=O)c1ccc(C(=O)OC(C)C)cc1. The average molecular weight is 264 g/mol. The zero-order chi connectivity index (χ0) is 14.4. The van der Waals surface area contributed by atoms with E-state index in [0.29, 0.717) is 23.7 Å². The first-order valence-corrected chi connectivity index (χ1v) is 6.38. The lowest BCUT2D eigenvalue weighted by atomic mass is 10.1. The van der Waals surface area contributed by atoms with Crippen LogP contribution in [0.1, 0.15) is 48.4 Å². The number of carbonyl (C=O) groups excluding carboxylic acids is 2. The van der Waals surface area contributed by atoms with Gasteiger partial charge in [-0.1, -0.05) is 13.8 Å². The van der Waals surface area contributed by atoms with Crippen molar-refractivity contribution in [2.24, 2.45) is 5.92 Å². The summed E-state index contributed by atoms with van der Waals surface area (Å²) >= 11 is 0. The van der Waals surface area contributed by atoms with Crippen molar-refractivity contribution in [3.8, 4) is 0 Å². The molecule has 0 saturated heterocycles. The van der Waals surface area contributed by atoms with Crippen molar-refractivity contribution in [2.75, 3.05) is 6.61 Å². The van der Waals surface area contributed by atoms with Gasteiger partial charge in [0.15, 0.2) is 0 Å². The molecule has 0 saturated carbocycles. The van der Waals surface area contributed by atoms with Crippen molar-refractivity contribution >= 4 is 11.9 Å². The normalized spacial score (nSPS) is 10.6. The smallest absolute Gasteiger partial charge is 0.338 e. The molecule has 0 aliphatic rings. The Labute approximate surface area is 113 Å². The fraction of sp³-hybridized carbons (Fsp3) is 0.467. The third-order valence-corrected chi connectivity index (χ3v) is 2.25. The summed E-state index contributed by atoms with van der Waals surface area (Å²) in [4.78, 5) is 23.3. The zero-order valence-corrected chi connectivity index (χ0v) is 11.8. The van der Waals surface area contributed by atoms with Crippen LogP contribution in [0, 0.1) is 5.92 Å². The van der Waals surface area contributed by atoms with Gasteiger partial charge in [-0.2, -0.15) is 0 Å². The van der Waals surface area contributed by atoms with Crippen molar-refractivity contribution in [3.63, 3.8) is 0 Å². The van der Waals surface area contributed by atoms with Crippen molar-refractivity contribution in [2.45, 2.75) is 33.8 Å². The molecule has 0 radical (unpaired) electrons. The second-order valence-electron chi connectivity index (χ2n) is 5.02. The molecular formula is C15H20O4. The van der Waals surface area contributed by atoms with E-state index >= 15 is 0 Å². The summed E-state index contributed by atoms with van der Waals surface area (Å²) in [6.07, 6.45) is -0.164. The average Bonchev–Trinajstić information content (AvgIpc) is 2.35. The van der Waals surface area contributed by atoms with E-state index < -0.39 is 5.97 Å². The van der Waals surface area contributed by atoms with Crippen molar-refractivity contribution in [3.05, 3.63) is 35.4 Å². The number of rotatable bonds is 5. The van der Waals surface area contributed by atoms with Crippen LogP contribution in [0.5, 0.6) is 0 Å². The Balaban J connectivity index is 2.65. The van der Waals surface area contributed by atoms with Gasteiger partial charge in [0.25, 0.3) is 0 Å². The molecule has 0 unspecified atom stereocenters. The predicted molar refractivity (Wildman–Crippen MR) is 72.1 cm³/mol. The summed E-state index contributed by atoms with van der Waals surface area (Å²) in [7, 11) is 0. The minimum absolute atomic E-state index is 0.164. The second kappa shape index (κ2) is 6.92. The van der Waals surface area contributed by atoms with Crippen LogP contribution in [0.15, 0.2) is 24.3 Å². The van der Waals surface area contributed by atoms with E-state index in [-0.39, 0.29) is 12.1 Å². The van der Waals surface area contributed by atoms with Crippen LogP contribution in [0.3, 0.4) is 0 Å². The summed E-state index contributed by atoms with van der Waals surface area (Å²) in [5.74, 6) is -0.473. The van der Waals surface area contributed by atoms with E-state index in [1.807, 2.05) is 13.8 Å². The van der Waals surface area contributed by atoms with E-state index in [1.54, 1.807) is 38.1 Å². The van der Waals surface area contributed by atoms with E-state index in [2.05, 4.69) is 0 Å².